The van der Waals surface area contributed by atoms with Gasteiger partial charge in [0.15, 0.2) is 5.96 Å². The Hall–Kier alpha value is -1.00. The predicted octanol–water partition coefficient (Wildman–Crippen LogP) is 3.11. The normalized spacial score (nSPS) is 16.2. The van der Waals surface area contributed by atoms with E-state index in [1.165, 1.54) is 0 Å². The van der Waals surface area contributed by atoms with E-state index < -0.39 is 6.43 Å². The molecular weight excluding hydrogens is 465 g/mol. The van der Waals surface area contributed by atoms with Crippen LogP contribution < -0.4 is 10.6 Å². The molecule has 1 aliphatic rings. The number of alkyl halides is 2. The molecule has 0 amide bonds. The Labute approximate surface area is 178 Å². The zero-order chi connectivity index (χ0) is 18.6. The predicted molar refractivity (Wildman–Crippen MR) is 116 cm³/mol. The number of guanidine groups is 1. The number of hydrogen-bond acceptors (Lipinski definition) is 3. The molecule has 154 valence electrons. The van der Waals surface area contributed by atoms with Gasteiger partial charge in [-0.15, -0.1) is 24.0 Å². The van der Waals surface area contributed by atoms with E-state index in [0.29, 0.717) is 32.8 Å². The summed E-state index contributed by atoms with van der Waals surface area (Å²) in [6.45, 7) is 5.78. The minimum absolute atomic E-state index is 0. The first-order valence-corrected chi connectivity index (χ1v) is 9.34. The lowest BCUT2D eigenvalue weighted by Crippen LogP contribution is -2.49. The van der Waals surface area contributed by atoms with Gasteiger partial charge in [0, 0.05) is 25.7 Å². The van der Waals surface area contributed by atoms with E-state index in [2.05, 4.69) is 15.6 Å². The molecule has 1 aromatic carbocycles. The molecular formula is C19H31F2IN4O. The minimum atomic E-state index is -2.26. The summed E-state index contributed by atoms with van der Waals surface area (Å²) in [6, 6.07) is 10.3. The van der Waals surface area contributed by atoms with Crippen molar-refractivity contribution in [2.45, 2.75) is 38.8 Å². The van der Waals surface area contributed by atoms with E-state index in [0.717, 1.165) is 30.9 Å². The van der Waals surface area contributed by atoms with Crippen molar-refractivity contribution >= 4 is 29.9 Å². The Bertz CT molecular complexity index is 526. The Balaban J connectivity index is 0.00000364. The zero-order valence-corrected chi connectivity index (χ0v) is 18.2. The molecule has 1 saturated heterocycles. The second-order valence-electron chi connectivity index (χ2n) is 6.41. The van der Waals surface area contributed by atoms with Crippen LogP contribution in [0.15, 0.2) is 35.3 Å². The second-order valence-corrected chi connectivity index (χ2v) is 6.41. The Kier molecular flexibility index (Phi) is 12.5. The van der Waals surface area contributed by atoms with Gasteiger partial charge >= 0.3 is 0 Å². The highest BCUT2D eigenvalue weighted by Crippen LogP contribution is 2.11. The number of nitrogens with zero attached hydrogens (tertiary/aromatic N) is 2. The maximum atomic E-state index is 12.4. The molecule has 0 aliphatic carbocycles. The summed E-state index contributed by atoms with van der Waals surface area (Å²) in [6.07, 6.45) is -0.558. The van der Waals surface area contributed by atoms with E-state index in [4.69, 9.17) is 4.74 Å². The average Bonchev–Trinajstić information content (AvgIpc) is 2.63. The summed E-state index contributed by atoms with van der Waals surface area (Å²) in [4.78, 5) is 6.37. The first kappa shape index (κ1) is 24.0. The number of aliphatic imine (C=N–C) groups is 1. The van der Waals surface area contributed by atoms with Crippen molar-refractivity contribution in [2.24, 2.45) is 4.99 Å². The second kappa shape index (κ2) is 14.1. The van der Waals surface area contributed by atoms with Crippen LogP contribution in [0, 0.1) is 0 Å². The van der Waals surface area contributed by atoms with Crippen LogP contribution in [-0.2, 0) is 11.3 Å². The van der Waals surface area contributed by atoms with Gasteiger partial charge in [0.25, 0.3) is 6.43 Å². The molecule has 1 aliphatic heterocycles. The highest BCUT2D eigenvalue weighted by atomic mass is 127. The topological polar surface area (TPSA) is 48.9 Å². The van der Waals surface area contributed by atoms with E-state index in [-0.39, 0.29) is 36.6 Å². The van der Waals surface area contributed by atoms with Crippen molar-refractivity contribution in [3.05, 3.63) is 35.9 Å². The molecule has 1 aromatic rings. The van der Waals surface area contributed by atoms with Crippen LogP contribution in [0.3, 0.4) is 0 Å². The fourth-order valence-corrected chi connectivity index (χ4v) is 2.95. The Morgan fingerprint density at radius 2 is 1.96 bits per heavy atom. The standard InChI is InChI=1S/C19H30F2N4O.HI/c1-2-22-19(23-10-13-26-15-16-6-4-3-5-7-16)24-17-8-11-25(12-9-17)14-18(20)21;/h3-7,17-18H,2,8-15H2,1H3,(H2,22,23,24);1H. The van der Waals surface area contributed by atoms with Gasteiger partial charge in [-0.05, 0) is 25.3 Å². The summed E-state index contributed by atoms with van der Waals surface area (Å²) in [5.74, 6) is 0.767. The third kappa shape index (κ3) is 10.2. The van der Waals surface area contributed by atoms with E-state index in [1.807, 2.05) is 42.2 Å². The lowest BCUT2D eigenvalue weighted by Gasteiger charge is -2.32. The molecule has 2 rings (SSSR count). The summed E-state index contributed by atoms with van der Waals surface area (Å²) >= 11 is 0. The summed E-state index contributed by atoms with van der Waals surface area (Å²) in [7, 11) is 0. The number of hydrogen-bond donors (Lipinski definition) is 2. The molecule has 0 unspecified atom stereocenters. The number of piperidine rings is 1. The molecule has 0 atom stereocenters. The molecule has 8 heteroatoms. The molecule has 2 N–H and O–H groups in total. The Morgan fingerprint density at radius 3 is 2.59 bits per heavy atom. The molecule has 27 heavy (non-hydrogen) atoms. The molecule has 0 aromatic heterocycles. The quantitative estimate of drug-likeness (QED) is 0.239. The molecule has 0 radical (unpaired) electrons. The van der Waals surface area contributed by atoms with Crippen molar-refractivity contribution in [2.75, 3.05) is 39.3 Å². The van der Waals surface area contributed by atoms with Gasteiger partial charge in [0.2, 0.25) is 0 Å². The highest BCUT2D eigenvalue weighted by Gasteiger charge is 2.21. The largest absolute Gasteiger partial charge is 0.375 e. The van der Waals surface area contributed by atoms with Gasteiger partial charge in [0.05, 0.1) is 26.3 Å². The summed E-state index contributed by atoms with van der Waals surface area (Å²) in [5.41, 5.74) is 1.15. The monoisotopic (exact) mass is 496 g/mol. The maximum absolute atomic E-state index is 12.4. The first-order chi connectivity index (χ1) is 12.7. The molecule has 0 spiro atoms. The van der Waals surface area contributed by atoms with Crippen LogP contribution >= 0.6 is 24.0 Å². The van der Waals surface area contributed by atoms with Gasteiger partial charge in [-0.3, -0.25) is 9.89 Å². The van der Waals surface area contributed by atoms with Crippen LogP contribution in [0.5, 0.6) is 0 Å². The molecule has 1 heterocycles. The lowest BCUT2D eigenvalue weighted by molar-refractivity contribution is 0.0744. The lowest BCUT2D eigenvalue weighted by atomic mass is 10.1. The number of nitrogens with one attached hydrogen (secondary N) is 2. The number of rotatable bonds is 9. The highest BCUT2D eigenvalue weighted by molar-refractivity contribution is 14.0. The third-order valence-electron chi connectivity index (χ3n) is 4.29. The fourth-order valence-electron chi connectivity index (χ4n) is 2.95. The van der Waals surface area contributed by atoms with E-state index >= 15 is 0 Å². The number of halogens is 3. The van der Waals surface area contributed by atoms with Crippen molar-refractivity contribution in [3.8, 4) is 0 Å². The zero-order valence-electron chi connectivity index (χ0n) is 15.9. The smallest absolute Gasteiger partial charge is 0.251 e. The molecule has 1 fully saturated rings. The van der Waals surface area contributed by atoms with Crippen LogP contribution in [0.4, 0.5) is 8.78 Å². The SMILES string of the molecule is CCNC(=NCCOCc1ccccc1)NC1CCN(CC(F)F)CC1.I. The maximum Gasteiger partial charge on any atom is 0.251 e. The number of benzene rings is 1. The number of likely N-dealkylation sites (tertiary alicyclic amines) is 1. The van der Waals surface area contributed by atoms with Crippen molar-refractivity contribution in [1.29, 1.82) is 0 Å². The van der Waals surface area contributed by atoms with Gasteiger partial charge in [-0.25, -0.2) is 8.78 Å². The van der Waals surface area contributed by atoms with Gasteiger partial charge < -0.3 is 15.4 Å². The molecule has 0 saturated carbocycles. The Morgan fingerprint density at radius 1 is 1.26 bits per heavy atom. The molecule has 5 nitrogen and oxygen atoms in total. The third-order valence-corrected chi connectivity index (χ3v) is 4.29. The van der Waals surface area contributed by atoms with E-state index in [9.17, 15) is 8.78 Å². The van der Waals surface area contributed by atoms with Gasteiger partial charge in [-0.1, -0.05) is 30.3 Å². The van der Waals surface area contributed by atoms with Crippen molar-refractivity contribution < 1.29 is 13.5 Å². The number of ether oxygens (including phenoxy) is 1. The van der Waals surface area contributed by atoms with Crippen molar-refractivity contribution in [3.63, 3.8) is 0 Å². The van der Waals surface area contributed by atoms with Crippen LogP contribution in [0.25, 0.3) is 0 Å². The molecule has 0 bridgehead atoms. The summed E-state index contributed by atoms with van der Waals surface area (Å²) < 4.78 is 30.5. The average molecular weight is 496 g/mol. The van der Waals surface area contributed by atoms with Gasteiger partial charge in [-0.2, -0.15) is 0 Å². The van der Waals surface area contributed by atoms with Crippen LogP contribution in [-0.4, -0.2) is 62.7 Å². The van der Waals surface area contributed by atoms with E-state index in [1.54, 1.807) is 0 Å². The van der Waals surface area contributed by atoms with Gasteiger partial charge in [0.1, 0.15) is 0 Å². The van der Waals surface area contributed by atoms with Crippen LogP contribution in [0.2, 0.25) is 0 Å². The van der Waals surface area contributed by atoms with Crippen LogP contribution in [0.1, 0.15) is 25.3 Å². The van der Waals surface area contributed by atoms with Crippen molar-refractivity contribution in [1.82, 2.24) is 15.5 Å². The first-order valence-electron chi connectivity index (χ1n) is 9.34. The minimum Gasteiger partial charge on any atom is -0.375 e. The summed E-state index contributed by atoms with van der Waals surface area (Å²) in [5, 5.41) is 6.64. The fraction of sp³-hybridized carbons (Fsp3) is 0.632.